The maximum absolute atomic E-state index is 12.2. The van der Waals surface area contributed by atoms with Gasteiger partial charge < -0.3 is 5.73 Å². The maximum atomic E-state index is 12.2. The van der Waals surface area contributed by atoms with Crippen LogP contribution in [0.3, 0.4) is 0 Å². The number of amides is 1. The fraction of sp³-hybridized carbons (Fsp3) is 0.667. The number of aryl methyl sites for hydroxylation is 1. The van der Waals surface area contributed by atoms with Gasteiger partial charge in [0.1, 0.15) is 4.88 Å². The van der Waals surface area contributed by atoms with E-state index in [4.69, 9.17) is 5.73 Å². The Balaban J connectivity index is 1.51. The van der Waals surface area contributed by atoms with Crippen LogP contribution < -0.4 is 11.2 Å². The summed E-state index contributed by atoms with van der Waals surface area (Å²) < 4.78 is 0. The summed E-state index contributed by atoms with van der Waals surface area (Å²) in [5.74, 6) is 2.85. The van der Waals surface area contributed by atoms with Crippen LogP contribution in [-0.2, 0) is 0 Å². The van der Waals surface area contributed by atoms with Gasteiger partial charge in [-0.1, -0.05) is 11.3 Å². The number of rotatable bonds is 2. The topological polar surface area (TPSA) is 80.4 Å². The van der Waals surface area contributed by atoms with Gasteiger partial charge in [0.05, 0.1) is 5.69 Å². The van der Waals surface area contributed by atoms with Crippen LogP contribution in [0, 0.1) is 30.6 Å². The second-order valence-corrected chi connectivity index (χ2v) is 7.78. The quantitative estimate of drug-likeness (QED) is 0.824. The number of carbonyl (C=O) groups is 1. The molecule has 1 aromatic rings. The summed E-state index contributed by atoms with van der Waals surface area (Å²) in [6.45, 7) is 1.80. The molecule has 0 atom stereocenters. The first-order valence-corrected chi connectivity index (χ1v) is 8.52. The second-order valence-electron chi connectivity index (χ2n) is 6.75. The largest absolute Gasteiger partial charge is 0.375 e. The average Bonchev–Trinajstić information content (AvgIpc) is 2.76. The van der Waals surface area contributed by atoms with Crippen molar-refractivity contribution in [3.8, 4) is 0 Å². The van der Waals surface area contributed by atoms with E-state index in [2.05, 4.69) is 15.5 Å². The summed E-state index contributed by atoms with van der Waals surface area (Å²) in [5.41, 5.74) is 10.3. The minimum Gasteiger partial charge on any atom is -0.375 e. The fourth-order valence-electron chi connectivity index (χ4n) is 4.64. The summed E-state index contributed by atoms with van der Waals surface area (Å²) in [4.78, 5) is 16.9. The highest BCUT2D eigenvalue weighted by molar-refractivity contribution is 7.17. The van der Waals surface area contributed by atoms with Gasteiger partial charge in [-0.05, 0) is 62.7 Å². The lowest BCUT2D eigenvalue weighted by Crippen LogP contribution is -2.46. The lowest BCUT2D eigenvalue weighted by Gasteiger charge is -2.50. The Morgan fingerprint density at radius 2 is 1.86 bits per heavy atom. The van der Waals surface area contributed by atoms with Crippen LogP contribution >= 0.6 is 11.3 Å². The highest BCUT2D eigenvalue weighted by atomic mass is 32.1. The molecule has 0 aliphatic heterocycles. The lowest BCUT2D eigenvalue weighted by atomic mass is 9.55. The zero-order chi connectivity index (χ0) is 14.6. The zero-order valence-electron chi connectivity index (χ0n) is 12.1. The Morgan fingerprint density at radius 3 is 2.38 bits per heavy atom. The first kappa shape index (κ1) is 13.2. The van der Waals surface area contributed by atoms with Crippen LogP contribution in [0.4, 0.5) is 5.13 Å². The van der Waals surface area contributed by atoms with Gasteiger partial charge in [-0.25, -0.2) is 10.4 Å². The minimum atomic E-state index is -0.178. The van der Waals surface area contributed by atoms with E-state index in [1.54, 1.807) is 6.92 Å². The van der Waals surface area contributed by atoms with Gasteiger partial charge in [0.25, 0.3) is 5.91 Å². The van der Waals surface area contributed by atoms with Gasteiger partial charge in [0, 0.05) is 5.71 Å². The van der Waals surface area contributed by atoms with Crippen LogP contribution in [0.5, 0.6) is 0 Å². The molecule has 0 saturated heterocycles. The number of nitrogens with one attached hydrogen (secondary N) is 1. The van der Waals surface area contributed by atoms with Crippen molar-refractivity contribution in [1.82, 2.24) is 10.4 Å². The van der Waals surface area contributed by atoms with Gasteiger partial charge in [-0.2, -0.15) is 5.10 Å². The molecule has 1 heterocycles. The predicted octanol–water partition coefficient (Wildman–Crippen LogP) is 2.58. The van der Waals surface area contributed by atoms with Crippen molar-refractivity contribution >= 4 is 28.1 Å². The predicted molar refractivity (Wildman–Crippen MR) is 83.2 cm³/mol. The number of hydrogen-bond acceptors (Lipinski definition) is 5. The third-order valence-electron chi connectivity index (χ3n) is 5.28. The third-order valence-corrected chi connectivity index (χ3v) is 6.27. The molecule has 4 aliphatic rings. The summed E-state index contributed by atoms with van der Waals surface area (Å²) in [6, 6.07) is 0. The first-order valence-electron chi connectivity index (χ1n) is 7.71. The normalized spacial score (nSPS) is 33.3. The van der Waals surface area contributed by atoms with Crippen LogP contribution in [0.2, 0.25) is 0 Å². The number of nitrogen functional groups attached to an aromatic ring is 1. The molecule has 1 aromatic heterocycles. The Bertz CT molecular complexity index is 591. The van der Waals surface area contributed by atoms with Gasteiger partial charge in [0.15, 0.2) is 5.13 Å². The van der Waals surface area contributed by atoms with E-state index in [0.717, 1.165) is 11.8 Å². The molecule has 21 heavy (non-hydrogen) atoms. The molecular weight excluding hydrogens is 284 g/mol. The van der Waals surface area contributed by atoms with E-state index in [1.165, 1.54) is 49.2 Å². The van der Waals surface area contributed by atoms with E-state index in [-0.39, 0.29) is 5.91 Å². The number of carbonyl (C=O) groups excluding carboxylic acids is 1. The van der Waals surface area contributed by atoms with E-state index >= 15 is 0 Å². The van der Waals surface area contributed by atoms with E-state index in [0.29, 0.717) is 27.5 Å². The average molecular weight is 304 g/mol. The Kier molecular flexibility index (Phi) is 3.03. The van der Waals surface area contributed by atoms with Gasteiger partial charge in [-0.15, -0.1) is 0 Å². The Hall–Kier alpha value is -1.43. The number of hydrazone groups is 1. The molecule has 0 radical (unpaired) electrons. The standard InChI is InChI=1S/C15H20N4OS/c1-7-13(21-15(16)17-7)14(20)19-18-12-10-3-8-2-9(5-10)6-11(12)4-8/h8-11H,2-6H2,1H3,(H2,16,17)(H,19,20). The SMILES string of the molecule is Cc1nc(N)sc1C(=O)NN=C1C2CC3CC(C2)CC1C3. The van der Waals surface area contributed by atoms with E-state index in [1.807, 2.05) is 0 Å². The van der Waals surface area contributed by atoms with Gasteiger partial charge in [-0.3, -0.25) is 4.79 Å². The van der Waals surface area contributed by atoms with Crippen molar-refractivity contribution in [1.29, 1.82) is 0 Å². The van der Waals surface area contributed by atoms with Crippen LogP contribution in [0.1, 0.15) is 47.5 Å². The number of hydrogen-bond donors (Lipinski definition) is 2. The molecular formula is C15H20N4OS. The summed E-state index contributed by atoms with van der Waals surface area (Å²) in [5, 5.41) is 4.94. The maximum Gasteiger partial charge on any atom is 0.283 e. The molecule has 0 spiro atoms. The van der Waals surface area contributed by atoms with E-state index < -0.39 is 0 Å². The van der Waals surface area contributed by atoms with Crippen LogP contribution in [0.15, 0.2) is 5.10 Å². The molecule has 1 amide bonds. The van der Waals surface area contributed by atoms with Crippen molar-refractivity contribution in [3.05, 3.63) is 10.6 Å². The van der Waals surface area contributed by atoms with Crippen molar-refractivity contribution in [2.24, 2.45) is 28.8 Å². The molecule has 4 fully saturated rings. The molecule has 0 unspecified atom stereocenters. The van der Waals surface area contributed by atoms with Crippen molar-refractivity contribution < 1.29 is 4.79 Å². The van der Waals surface area contributed by atoms with Crippen molar-refractivity contribution in [3.63, 3.8) is 0 Å². The highest BCUT2D eigenvalue weighted by Gasteiger charge is 2.46. The number of aromatic nitrogens is 1. The smallest absolute Gasteiger partial charge is 0.283 e. The molecule has 4 bridgehead atoms. The van der Waals surface area contributed by atoms with Crippen LogP contribution in [0.25, 0.3) is 0 Å². The monoisotopic (exact) mass is 304 g/mol. The molecule has 6 heteroatoms. The van der Waals surface area contributed by atoms with Crippen molar-refractivity contribution in [2.75, 3.05) is 5.73 Å². The van der Waals surface area contributed by atoms with Crippen molar-refractivity contribution in [2.45, 2.75) is 39.0 Å². The molecule has 5 rings (SSSR count). The Labute approximate surface area is 128 Å². The molecule has 0 aromatic carbocycles. The van der Waals surface area contributed by atoms with Gasteiger partial charge in [0.2, 0.25) is 0 Å². The summed E-state index contributed by atoms with van der Waals surface area (Å²) >= 11 is 1.22. The minimum absolute atomic E-state index is 0.178. The summed E-state index contributed by atoms with van der Waals surface area (Å²) in [7, 11) is 0. The highest BCUT2D eigenvalue weighted by Crippen LogP contribution is 2.52. The van der Waals surface area contributed by atoms with Gasteiger partial charge >= 0.3 is 0 Å². The molecule has 112 valence electrons. The number of thiazole rings is 1. The summed E-state index contributed by atoms with van der Waals surface area (Å²) in [6.07, 6.45) is 6.51. The molecule has 5 nitrogen and oxygen atoms in total. The van der Waals surface area contributed by atoms with Crippen LogP contribution in [-0.4, -0.2) is 16.6 Å². The third kappa shape index (κ3) is 2.25. The lowest BCUT2D eigenvalue weighted by molar-refractivity contribution is 0.0945. The Morgan fingerprint density at radius 1 is 1.24 bits per heavy atom. The first-order chi connectivity index (χ1) is 10.1. The number of nitrogens with two attached hydrogens (primary N) is 1. The molecule has 3 N–H and O–H groups in total. The fourth-order valence-corrected chi connectivity index (χ4v) is 5.37. The molecule has 4 saturated carbocycles. The second kappa shape index (κ2) is 4.80. The van der Waals surface area contributed by atoms with E-state index in [9.17, 15) is 4.79 Å². The zero-order valence-corrected chi connectivity index (χ0v) is 12.9. The molecule has 4 aliphatic carbocycles. The number of anilines is 1. The number of nitrogens with zero attached hydrogens (tertiary/aromatic N) is 2.